The van der Waals surface area contributed by atoms with Gasteiger partial charge in [0, 0.05) is 50.4 Å². The maximum Gasteiger partial charge on any atom is 0.319 e. The second-order valence-corrected chi connectivity index (χ2v) is 11.7. The van der Waals surface area contributed by atoms with E-state index in [1.807, 2.05) is 18.2 Å². The van der Waals surface area contributed by atoms with Gasteiger partial charge in [-0.1, -0.05) is 24.3 Å². The second kappa shape index (κ2) is 10.2. The Morgan fingerprint density at radius 3 is 2.90 bits per heavy atom. The number of fused-ring (bicyclic) bond motifs is 2. The molecule has 0 bridgehead atoms. The Bertz CT molecular complexity index is 1470. The summed E-state index contributed by atoms with van der Waals surface area (Å²) in [5, 5.41) is 13.1. The molecule has 4 aliphatic rings. The number of rotatable bonds is 7. The Morgan fingerprint density at radius 2 is 2.05 bits per heavy atom. The van der Waals surface area contributed by atoms with E-state index in [4.69, 9.17) is 9.72 Å². The van der Waals surface area contributed by atoms with Crippen molar-refractivity contribution in [2.45, 2.75) is 62.2 Å². The van der Waals surface area contributed by atoms with E-state index in [-0.39, 0.29) is 35.4 Å². The first-order chi connectivity index (χ1) is 19.5. The monoisotopic (exact) mass is 545 g/mol. The SMILES string of the molecule is N#CCC1CN(c2nc(OC[C@@]34CCCN3CC(F)C4)nc3c(F)c(-c4ccccc4C4CC4)ncc23)CCN1. The van der Waals surface area contributed by atoms with E-state index in [9.17, 15) is 9.65 Å². The minimum Gasteiger partial charge on any atom is -0.461 e. The predicted molar refractivity (Wildman–Crippen MR) is 147 cm³/mol. The molecular formula is C30H33F2N7O. The van der Waals surface area contributed by atoms with Crippen LogP contribution < -0.4 is 15.0 Å². The summed E-state index contributed by atoms with van der Waals surface area (Å²) in [6, 6.07) is 10.2. The molecule has 10 heteroatoms. The molecule has 1 aliphatic carbocycles. The smallest absolute Gasteiger partial charge is 0.319 e. The molecule has 40 heavy (non-hydrogen) atoms. The molecule has 3 atom stereocenters. The number of hydrogen-bond donors (Lipinski definition) is 1. The lowest BCUT2D eigenvalue weighted by atomic mass is 9.95. The first-order valence-corrected chi connectivity index (χ1v) is 14.4. The van der Waals surface area contributed by atoms with Crippen LogP contribution in [0, 0.1) is 17.1 Å². The summed E-state index contributed by atoms with van der Waals surface area (Å²) in [6.45, 7) is 3.42. The van der Waals surface area contributed by atoms with Gasteiger partial charge in [0.25, 0.3) is 0 Å². The van der Waals surface area contributed by atoms with Gasteiger partial charge in [-0.05, 0) is 43.7 Å². The fourth-order valence-corrected chi connectivity index (χ4v) is 6.89. The maximum absolute atomic E-state index is 16.4. The average molecular weight is 546 g/mol. The molecule has 8 nitrogen and oxygen atoms in total. The summed E-state index contributed by atoms with van der Waals surface area (Å²) in [4.78, 5) is 18.2. The zero-order valence-electron chi connectivity index (χ0n) is 22.5. The lowest BCUT2D eigenvalue weighted by molar-refractivity contribution is 0.107. The number of pyridine rings is 1. The van der Waals surface area contributed by atoms with Crippen LogP contribution in [0.3, 0.4) is 0 Å². The van der Waals surface area contributed by atoms with E-state index < -0.39 is 12.0 Å². The van der Waals surface area contributed by atoms with Crippen LogP contribution in [0.25, 0.3) is 22.2 Å². The van der Waals surface area contributed by atoms with Gasteiger partial charge in [0.1, 0.15) is 29.8 Å². The summed E-state index contributed by atoms with van der Waals surface area (Å²) in [7, 11) is 0. The van der Waals surface area contributed by atoms with Crippen molar-refractivity contribution < 1.29 is 13.5 Å². The van der Waals surface area contributed by atoms with Gasteiger partial charge in [-0.15, -0.1) is 0 Å². The van der Waals surface area contributed by atoms with Crippen molar-refractivity contribution in [2.75, 3.05) is 44.2 Å². The largest absolute Gasteiger partial charge is 0.461 e. The number of nitriles is 1. The van der Waals surface area contributed by atoms with E-state index in [1.165, 1.54) is 0 Å². The van der Waals surface area contributed by atoms with Crippen LogP contribution in [0.5, 0.6) is 6.01 Å². The Morgan fingerprint density at radius 1 is 1.18 bits per heavy atom. The minimum absolute atomic E-state index is 0.0263. The predicted octanol–water partition coefficient (Wildman–Crippen LogP) is 4.36. The van der Waals surface area contributed by atoms with Crippen LogP contribution >= 0.6 is 0 Å². The average Bonchev–Trinajstić information content (AvgIpc) is 3.67. The number of halogens is 2. The molecule has 1 aromatic carbocycles. The summed E-state index contributed by atoms with van der Waals surface area (Å²) in [5.41, 5.74) is 1.99. The topological polar surface area (TPSA) is 90.2 Å². The van der Waals surface area contributed by atoms with E-state index >= 15 is 4.39 Å². The summed E-state index contributed by atoms with van der Waals surface area (Å²) < 4.78 is 37.0. The second-order valence-electron chi connectivity index (χ2n) is 11.7. The van der Waals surface area contributed by atoms with E-state index in [1.54, 1.807) is 6.20 Å². The van der Waals surface area contributed by atoms with Crippen LogP contribution in [0.2, 0.25) is 0 Å². The number of anilines is 1. The molecule has 3 aromatic rings. The highest BCUT2D eigenvalue weighted by atomic mass is 19.1. The van der Waals surface area contributed by atoms with Gasteiger partial charge in [0.05, 0.1) is 23.4 Å². The molecule has 2 aromatic heterocycles. The van der Waals surface area contributed by atoms with Crippen LogP contribution in [-0.4, -0.2) is 76.9 Å². The molecule has 1 saturated carbocycles. The Hall–Kier alpha value is -3.42. The van der Waals surface area contributed by atoms with Crippen LogP contribution in [-0.2, 0) is 0 Å². The van der Waals surface area contributed by atoms with Crippen molar-refractivity contribution in [1.82, 2.24) is 25.2 Å². The fourth-order valence-electron chi connectivity index (χ4n) is 6.89. The number of nitrogens with one attached hydrogen (secondary N) is 1. The highest BCUT2D eigenvalue weighted by Gasteiger charge is 2.49. The first-order valence-electron chi connectivity index (χ1n) is 14.4. The van der Waals surface area contributed by atoms with Gasteiger partial charge in [-0.2, -0.15) is 15.2 Å². The van der Waals surface area contributed by atoms with Crippen molar-refractivity contribution >= 4 is 16.7 Å². The molecule has 208 valence electrons. The molecule has 2 unspecified atom stereocenters. The van der Waals surface area contributed by atoms with Gasteiger partial charge in [-0.25, -0.2) is 8.78 Å². The molecule has 3 aliphatic heterocycles. The molecular weight excluding hydrogens is 512 g/mol. The lowest BCUT2D eigenvalue weighted by Crippen LogP contribution is -2.51. The zero-order chi connectivity index (χ0) is 27.3. The maximum atomic E-state index is 16.4. The van der Waals surface area contributed by atoms with Crippen molar-refractivity contribution in [3.8, 4) is 23.3 Å². The third-order valence-electron chi connectivity index (χ3n) is 9.00. The standard InChI is InChI=1S/C30H33F2N7O/c31-20-14-30(9-3-12-39(30)16-20)18-40-29-36-27-24(28(37-29)38-13-11-34-21(17-38)8-10-33)15-35-26(25(27)32)23-5-2-1-4-22(23)19-6-7-19/h1-2,4-5,15,19-21,34H,3,6-9,11-14,16-18H2/t20?,21?,30-/m0/s1. The van der Waals surface area contributed by atoms with E-state index in [0.29, 0.717) is 56.1 Å². The third-order valence-corrected chi connectivity index (χ3v) is 9.00. The van der Waals surface area contributed by atoms with E-state index in [0.717, 1.165) is 43.4 Å². The molecule has 0 radical (unpaired) electrons. The van der Waals surface area contributed by atoms with Crippen molar-refractivity contribution in [1.29, 1.82) is 5.26 Å². The number of hydrogen-bond acceptors (Lipinski definition) is 8. The number of alkyl halides is 1. The van der Waals surface area contributed by atoms with E-state index in [2.05, 4.69) is 37.2 Å². The lowest BCUT2D eigenvalue weighted by Gasteiger charge is -2.34. The van der Waals surface area contributed by atoms with Crippen molar-refractivity contribution in [3.05, 3.63) is 41.8 Å². The first kappa shape index (κ1) is 25.5. The fraction of sp³-hybridized carbons (Fsp3) is 0.533. The van der Waals surface area contributed by atoms with Crippen LogP contribution in [0.15, 0.2) is 30.5 Å². The molecule has 5 heterocycles. The molecule has 0 amide bonds. The molecule has 1 N–H and O–H groups in total. The van der Waals surface area contributed by atoms with Gasteiger partial charge in [-0.3, -0.25) is 9.88 Å². The summed E-state index contributed by atoms with van der Waals surface area (Å²) >= 11 is 0. The number of benzene rings is 1. The van der Waals surface area contributed by atoms with Crippen molar-refractivity contribution in [3.63, 3.8) is 0 Å². The number of aromatic nitrogens is 3. The number of ether oxygens (including phenoxy) is 1. The molecule has 4 fully saturated rings. The van der Waals surface area contributed by atoms with Crippen LogP contribution in [0.4, 0.5) is 14.6 Å². The highest BCUT2D eigenvalue weighted by Crippen LogP contribution is 2.45. The zero-order valence-corrected chi connectivity index (χ0v) is 22.5. The number of piperazine rings is 1. The third kappa shape index (κ3) is 4.55. The molecule has 3 saturated heterocycles. The summed E-state index contributed by atoms with van der Waals surface area (Å²) in [5.74, 6) is 0.492. The quantitative estimate of drug-likeness (QED) is 0.469. The van der Waals surface area contributed by atoms with Gasteiger partial charge < -0.3 is 15.0 Å². The van der Waals surface area contributed by atoms with Gasteiger partial charge in [0.15, 0.2) is 5.82 Å². The van der Waals surface area contributed by atoms with Crippen LogP contribution in [0.1, 0.15) is 50.0 Å². The number of nitrogens with zero attached hydrogens (tertiary/aromatic N) is 6. The Balaban J connectivity index is 1.30. The van der Waals surface area contributed by atoms with Crippen molar-refractivity contribution in [2.24, 2.45) is 0 Å². The minimum atomic E-state index is -0.868. The van der Waals surface area contributed by atoms with Gasteiger partial charge >= 0.3 is 6.01 Å². The van der Waals surface area contributed by atoms with Gasteiger partial charge in [0.2, 0.25) is 0 Å². The molecule has 0 spiro atoms. The summed E-state index contributed by atoms with van der Waals surface area (Å²) in [6.07, 6.45) is 5.66. The Kier molecular flexibility index (Phi) is 6.51. The normalized spacial score (nSPS) is 26.7. The Labute approximate surface area is 232 Å². The highest BCUT2D eigenvalue weighted by molar-refractivity contribution is 5.92. The molecule has 7 rings (SSSR count).